The molecule has 1 heterocycles. The lowest BCUT2D eigenvalue weighted by molar-refractivity contribution is -0.138. The second-order valence-electron chi connectivity index (χ2n) is 6.06. The summed E-state index contributed by atoms with van der Waals surface area (Å²) in [4.78, 5) is 21.4. The Morgan fingerprint density at radius 3 is 2.21 bits per heavy atom. The van der Waals surface area contributed by atoms with Gasteiger partial charge in [-0.15, -0.1) is 0 Å². The van der Waals surface area contributed by atoms with Crippen LogP contribution >= 0.6 is 0 Å². The molecule has 19 heavy (non-hydrogen) atoms. The molecule has 0 saturated carbocycles. The number of carboxylic acids is 1. The van der Waals surface area contributed by atoms with Crippen LogP contribution in [0.5, 0.6) is 0 Å². The van der Waals surface area contributed by atoms with E-state index in [1.54, 1.807) is 12.4 Å². The Bertz CT molecular complexity index is 421. The van der Waals surface area contributed by atoms with Crippen molar-refractivity contribution in [2.75, 3.05) is 6.54 Å². The predicted molar refractivity (Wildman–Crippen MR) is 73.9 cm³/mol. The molecular formula is C14H23N3O2. The van der Waals surface area contributed by atoms with E-state index in [1.807, 2.05) is 18.7 Å². The average molecular weight is 265 g/mol. The van der Waals surface area contributed by atoms with E-state index in [0.717, 1.165) is 11.4 Å². The van der Waals surface area contributed by atoms with Gasteiger partial charge in [0.25, 0.3) is 0 Å². The smallest absolute Gasteiger partial charge is 0.317 e. The monoisotopic (exact) mass is 265 g/mol. The van der Waals surface area contributed by atoms with E-state index in [9.17, 15) is 4.79 Å². The molecule has 1 aromatic heterocycles. The number of aromatic nitrogens is 2. The SMILES string of the molecule is CC(C)N(CC(=O)O)Cc1cnc(C(C)(C)C)nc1. The van der Waals surface area contributed by atoms with Crippen molar-refractivity contribution in [3.05, 3.63) is 23.8 Å². The highest BCUT2D eigenvalue weighted by molar-refractivity contribution is 5.69. The molecule has 0 aliphatic carbocycles. The van der Waals surface area contributed by atoms with Gasteiger partial charge in [0.05, 0.1) is 6.54 Å². The van der Waals surface area contributed by atoms with Crippen LogP contribution in [0.1, 0.15) is 46.0 Å². The second-order valence-corrected chi connectivity index (χ2v) is 6.06. The molecule has 0 atom stereocenters. The minimum Gasteiger partial charge on any atom is -0.480 e. The molecule has 0 aliphatic rings. The highest BCUT2D eigenvalue weighted by Crippen LogP contribution is 2.17. The van der Waals surface area contributed by atoms with E-state index < -0.39 is 5.97 Å². The van der Waals surface area contributed by atoms with Crippen molar-refractivity contribution in [2.45, 2.75) is 52.6 Å². The summed E-state index contributed by atoms with van der Waals surface area (Å²) in [5.74, 6) is -0.0217. The number of nitrogens with zero attached hydrogens (tertiary/aromatic N) is 3. The maximum Gasteiger partial charge on any atom is 0.317 e. The van der Waals surface area contributed by atoms with Crippen molar-refractivity contribution in [3.63, 3.8) is 0 Å². The van der Waals surface area contributed by atoms with E-state index in [-0.39, 0.29) is 18.0 Å². The van der Waals surface area contributed by atoms with Gasteiger partial charge in [-0.1, -0.05) is 20.8 Å². The van der Waals surface area contributed by atoms with Gasteiger partial charge < -0.3 is 5.11 Å². The lowest BCUT2D eigenvalue weighted by Gasteiger charge is -2.24. The summed E-state index contributed by atoms with van der Waals surface area (Å²) < 4.78 is 0. The third-order valence-corrected chi connectivity index (χ3v) is 2.83. The largest absolute Gasteiger partial charge is 0.480 e. The van der Waals surface area contributed by atoms with Gasteiger partial charge in [0.2, 0.25) is 0 Å². The van der Waals surface area contributed by atoms with Crippen LogP contribution in [0.3, 0.4) is 0 Å². The minimum atomic E-state index is -0.819. The van der Waals surface area contributed by atoms with E-state index in [0.29, 0.717) is 6.54 Å². The van der Waals surface area contributed by atoms with Gasteiger partial charge in [-0.05, 0) is 13.8 Å². The molecule has 1 aromatic rings. The van der Waals surface area contributed by atoms with Gasteiger partial charge in [-0.2, -0.15) is 0 Å². The molecule has 1 rings (SSSR count). The van der Waals surface area contributed by atoms with E-state index in [1.165, 1.54) is 0 Å². The molecule has 5 heteroatoms. The Kier molecular flexibility index (Phi) is 5.00. The van der Waals surface area contributed by atoms with Crippen molar-refractivity contribution >= 4 is 5.97 Å². The fraction of sp³-hybridized carbons (Fsp3) is 0.643. The normalized spacial score (nSPS) is 12.2. The Balaban J connectivity index is 2.78. The van der Waals surface area contributed by atoms with Crippen molar-refractivity contribution in [1.29, 1.82) is 0 Å². The third kappa shape index (κ3) is 4.95. The van der Waals surface area contributed by atoms with Crippen LogP contribution in [0.2, 0.25) is 0 Å². The molecule has 0 bridgehead atoms. The summed E-state index contributed by atoms with van der Waals surface area (Å²) >= 11 is 0. The van der Waals surface area contributed by atoms with E-state index in [2.05, 4.69) is 30.7 Å². The summed E-state index contributed by atoms with van der Waals surface area (Å²) in [7, 11) is 0. The Labute approximate surface area is 114 Å². The standard InChI is InChI=1S/C14H23N3O2/c1-10(2)17(9-12(18)19)8-11-6-15-13(16-7-11)14(3,4)5/h6-7,10H,8-9H2,1-5H3,(H,18,19). The first-order valence-corrected chi connectivity index (χ1v) is 6.47. The zero-order valence-electron chi connectivity index (χ0n) is 12.3. The minimum absolute atomic E-state index is 0.0265. The summed E-state index contributed by atoms with van der Waals surface area (Å²) in [6, 6.07) is 0.165. The molecule has 1 N–H and O–H groups in total. The lowest BCUT2D eigenvalue weighted by Crippen LogP contribution is -2.35. The molecule has 0 spiro atoms. The van der Waals surface area contributed by atoms with Gasteiger partial charge in [0, 0.05) is 36.0 Å². The van der Waals surface area contributed by atoms with E-state index in [4.69, 9.17) is 5.11 Å². The summed E-state index contributed by atoms with van der Waals surface area (Å²) in [5, 5.41) is 8.89. The van der Waals surface area contributed by atoms with Gasteiger partial charge in [-0.25, -0.2) is 9.97 Å². The molecule has 0 unspecified atom stereocenters. The van der Waals surface area contributed by atoms with Crippen LogP contribution in [0, 0.1) is 0 Å². The molecule has 5 nitrogen and oxygen atoms in total. The molecule has 0 amide bonds. The molecule has 106 valence electrons. The summed E-state index contributed by atoms with van der Waals surface area (Å²) in [6.07, 6.45) is 3.57. The number of rotatable bonds is 5. The second kappa shape index (κ2) is 6.10. The van der Waals surface area contributed by atoms with Crippen LogP contribution in [0.25, 0.3) is 0 Å². The highest BCUT2D eigenvalue weighted by Gasteiger charge is 2.18. The maximum absolute atomic E-state index is 10.8. The van der Waals surface area contributed by atoms with Crippen LogP contribution < -0.4 is 0 Å². The number of carbonyl (C=O) groups is 1. The molecular weight excluding hydrogens is 242 g/mol. The van der Waals surface area contributed by atoms with Crippen LogP contribution in [-0.2, 0) is 16.8 Å². The van der Waals surface area contributed by atoms with Crippen molar-refractivity contribution in [2.24, 2.45) is 0 Å². The summed E-state index contributed by atoms with van der Waals surface area (Å²) in [5.41, 5.74) is 0.861. The maximum atomic E-state index is 10.8. The van der Waals surface area contributed by atoms with E-state index >= 15 is 0 Å². The summed E-state index contributed by atoms with van der Waals surface area (Å²) in [6.45, 7) is 10.7. The van der Waals surface area contributed by atoms with Crippen LogP contribution in [-0.4, -0.2) is 38.5 Å². The molecule has 0 aromatic carbocycles. The zero-order chi connectivity index (χ0) is 14.6. The van der Waals surface area contributed by atoms with Crippen molar-refractivity contribution in [3.8, 4) is 0 Å². The first-order chi connectivity index (χ1) is 8.70. The number of hydrogen-bond donors (Lipinski definition) is 1. The molecule has 0 radical (unpaired) electrons. The first-order valence-electron chi connectivity index (χ1n) is 6.47. The average Bonchev–Trinajstić information content (AvgIpc) is 2.27. The Hall–Kier alpha value is -1.49. The fourth-order valence-corrected chi connectivity index (χ4v) is 1.65. The topological polar surface area (TPSA) is 66.3 Å². The van der Waals surface area contributed by atoms with Crippen molar-refractivity contribution in [1.82, 2.24) is 14.9 Å². The van der Waals surface area contributed by atoms with Crippen molar-refractivity contribution < 1.29 is 9.90 Å². The highest BCUT2D eigenvalue weighted by atomic mass is 16.4. The Morgan fingerprint density at radius 2 is 1.84 bits per heavy atom. The number of aliphatic carboxylic acids is 1. The Morgan fingerprint density at radius 1 is 1.32 bits per heavy atom. The zero-order valence-corrected chi connectivity index (χ0v) is 12.3. The molecule has 0 saturated heterocycles. The third-order valence-electron chi connectivity index (χ3n) is 2.83. The number of carboxylic acid groups (broad SMARTS) is 1. The lowest BCUT2D eigenvalue weighted by atomic mass is 9.96. The molecule has 0 fully saturated rings. The van der Waals surface area contributed by atoms with Gasteiger partial charge >= 0.3 is 5.97 Å². The number of hydrogen-bond acceptors (Lipinski definition) is 4. The van der Waals surface area contributed by atoms with Gasteiger partial charge in [0.1, 0.15) is 5.82 Å². The predicted octanol–water partition coefficient (Wildman–Crippen LogP) is 2.07. The quantitative estimate of drug-likeness (QED) is 0.882. The first kappa shape index (κ1) is 15.6. The fourth-order valence-electron chi connectivity index (χ4n) is 1.65. The van der Waals surface area contributed by atoms with Crippen LogP contribution in [0.15, 0.2) is 12.4 Å². The van der Waals surface area contributed by atoms with Gasteiger partial charge in [-0.3, -0.25) is 9.69 Å². The molecule has 0 aliphatic heterocycles. The van der Waals surface area contributed by atoms with Crippen LogP contribution in [0.4, 0.5) is 0 Å². The van der Waals surface area contributed by atoms with Gasteiger partial charge in [0.15, 0.2) is 0 Å².